The van der Waals surface area contributed by atoms with Crippen LogP contribution < -0.4 is 0 Å². The summed E-state index contributed by atoms with van der Waals surface area (Å²) < 4.78 is 6.19. The van der Waals surface area contributed by atoms with E-state index in [9.17, 15) is 0 Å². The van der Waals surface area contributed by atoms with Crippen LogP contribution in [0.5, 0.6) is 0 Å². The highest BCUT2D eigenvalue weighted by Crippen LogP contribution is 2.38. The molecule has 232 valence electrons. The van der Waals surface area contributed by atoms with Gasteiger partial charge in [-0.3, -0.25) is 0 Å². The van der Waals surface area contributed by atoms with Gasteiger partial charge in [-0.25, -0.2) is 15.0 Å². The van der Waals surface area contributed by atoms with Crippen molar-refractivity contribution in [1.29, 1.82) is 0 Å². The van der Waals surface area contributed by atoms with Gasteiger partial charge in [-0.2, -0.15) is 0 Å². The summed E-state index contributed by atoms with van der Waals surface area (Å²) in [5.74, 6) is 1.90. The van der Waals surface area contributed by atoms with Crippen molar-refractivity contribution in [2.24, 2.45) is 0 Å². The summed E-state index contributed by atoms with van der Waals surface area (Å²) in [5, 5.41) is 2.21. The van der Waals surface area contributed by atoms with E-state index in [0.29, 0.717) is 17.5 Å². The van der Waals surface area contributed by atoms with Crippen LogP contribution in [0.2, 0.25) is 0 Å². The zero-order valence-corrected chi connectivity index (χ0v) is 26.8. The average molecular weight is 630 g/mol. The lowest BCUT2D eigenvalue weighted by atomic mass is 9.95. The first kappa shape index (κ1) is 28.8. The summed E-state index contributed by atoms with van der Waals surface area (Å²) in [6.07, 6.45) is 8.79. The number of fused-ring (bicyclic) bond motifs is 3. The van der Waals surface area contributed by atoms with Crippen LogP contribution in [0.4, 0.5) is 0 Å². The summed E-state index contributed by atoms with van der Waals surface area (Å²) in [5.41, 5.74) is 11.7. The molecule has 0 spiro atoms. The normalized spacial score (nSPS) is 12.8. The van der Waals surface area contributed by atoms with E-state index in [1.807, 2.05) is 54.6 Å². The average Bonchev–Trinajstić information content (AvgIpc) is 3.58. The number of hydrogen-bond acceptors (Lipinski definition) is 4. The van der Waals surface area contributed by atoms with Gasteiger partial charge in [0.25, 0.3) is 0 Å². The van der Waals surface area contributed by atoms with Crippen molar-refractivity contribution in [3.8, 4) is 56.4 Å². The molecule has 0 amide bonds. The molecule has 0 fully saturated rings. The molecule has 0 saturated heterocycles. The summed E-state index contributed by atoms with van der Waals surface area (Å²) in [4.78, 5) is 15.0. The molecule has 1 aliphatic rings. The molecule has 6 aromatic carbocycles. The number of rotatable bonds is 6. The molecule has 0 bridgehead atoms. The number of hydrogen-bond donors (Lipinski definition) is 0. The maximum atomic E-state index is 6.19. The lowest BCUT2D eigenvalue weighted by molar-refractivity contribution is 0.669. The van der Waals surface area contributed by atoms with Gasteiger partial charge in [0.15, 0.2) is 17.5 Å². The zero-order valence-electron chi connectivity index (χ0n) is 26.8. The largest absolute Gasteiger partial charge is 0.456 e. The Balaban J connectivity index is 1.10. The fourth-order valence-electron chi connectivity index (χ4n) is 6.72. The molecule has 0 atom stereocenters. The quantitative estimate of drug-likeness (QED) is 0.184. The molecule has 0 unspecified atom stereocenters. The molecule has 49 heavy (non-hydrogen) atoms. The predicted molar refractivity (Wildman–Crippen MR) is 201 cm³/mol. The van der Waals surface area contributed by atoms with E-state index >= 15 is 0 Å². The fraction of sp³-hybridized carbons (Fsp3) is 0.0444. The van der Waals surface area contributed by atoms with Gasteiger partial charge in [-0.15, -0.1) is 0 Å². The molecule has 4 nitrogen and oxygen atoms in total. The molecule has 0 aliphatic heterocycles. The van der Waals surface area contributed by atoms with Crippen molar-refractivity contribution in [1.82, 2.24) is 15.0 Å². The zero-order chi connectivity index (χ0) is 32.6. The van der Waals surface area contributed by atoms with Crippen LogP contribution in [0.3, 0.4) is 0 Å². The molecule has 8 aromatic rings. The Kier molecular flexibility index (Phi) is 7.25. The SMILES string of the molecule is C1=CCCC(c2ccc(-c3ccc(-c4nc(-c5ccccc5)nc(-c5cccc(-c6cccc7oc8ccccc8c67)c5)n4)cc3)cc2)=C1. The second kappa shape index (κ2) is 12.3. The van der Waals surface area contributed by atoms with Gasteiger partial charge >= 0.3 is 0 Å². The van der Waals surface area contributed by atoms with Gasteiger partial charge in [-0.1, -0.05) is 146 Å². The smallest absolute Gasteiger partial charge is 0.164 e. The Morgan fingerprint density at radius 3 is 1.76 bits per heavy atom. The molecule has 0 saturated carbocycles. The molecular weight excluding hydrogens is 599 g/mol. The van der Waals surface area contributed by atoms with Gasteiger partial charge in [0.1, 0.15) is 11.2 Å². The summed E-state index contributed by atoms with van der Waals surface area (Å²) in [6, 6.07) is 50.3. The van der Waals surface area contributed by atoms with Gasteiger partial charge < -0.3 is 4.42 Å². The van der Waals surface area contributed by atoms with Crippen LogP contribution in [0.25, 0.3) is 83.9 Å². The Labute approximate surface area is 284 Å². The molecule has 0 N–H and O–H groups in total. The Hall–Kier alpha value is -6.39. The van der Waals surface area contributed by atoms with Crippen LogP contribution >= 0.6 is 0 Å². The maximum Gasteiger partial charge on any atom is 0.164 e. The van der Waals surface area contributed by atoms with Gasteiger partial charge in [0.2, 0.25) is 0 Å². The monoisotopic (exact) mass is 629 g/mol. The number of aromatic nitrogens is 3. The van der Waals surface area contributed by atoms with Crippen LogP contribution in [0, 0.1) is 0 Å². The molecular formula is C45H31N3O. The topological polar surface area (TPSA) is 51.8 Å². The predicted octanol–water partition coefficient (Wildman–Crippen LogP) is 11.8. The Morgan fingerprint density at radius 2 is 1.02 bits per heavy atom. The van der Waals surface area contributed by atoms with E-state index in [0.717, 1.165) is 68.2 Å². The second-order valence-corrected chi connectivity index (χ2v) is 12.3. The first-order chi connectivity index (χ1) is 24.3. The van der Waals surface area contributed by atoms with E-state index in [-0.39, 0.29) is 0 Å². The molecule has 2 aromatic heterocycles. The van der Waals surface area contributed by atoms with E-state index in [4.69, 9.17) is 19.4 Å². The minimum atomic E-state index is 0.626. The van der Waals surface area contributed by atoms with Gasteiger partial charge in [0.05, 0.1) is 0 Å². The molecule has 4 heteroatoms. The molecule has 0 radical (unpaired) electrons. The van der Waals surface area contributed by atoms with Crippen molar-refractivity contribution in [2.75, 3.05) is 0 Å². The van der Waals surface area contributed by atoms with E-state index in [1.165, 1.54) is 16.7 Å². The van der Waals surface area contributed by atoms with Crippen molar-refractivity contribution >= 4 is 27.5 Å². The summed E-state index contributed by atoms with van der Waals surface area (Å²) in [6.45, 7) is 0. The number of para-hydroxylation sites is 1. The van der Waals surface area contributed by atoms with Gasteiger partial charge in [0, 0.05) is 27.5 Å². The highest BCUT2D eigenvalue weighted by molar-refractivity contribution is 6.12. The van der Waals surface area contributed by atoms with Crippen LogP contribution in [-0.4, -0.2) is 15.0 Å². The highest BCUT2D eigenvalue weighted by atomic mass is 16.3. The third-order valence-corrected chi connectivity index (χ3v) is 9.25. The standard InChI is InChI=1S/C45H31N3O/c1-3-11-30(12-4-1)31-21-23-32(24-22-31)33-25-27-35(28-26-33)44-46-43(34-13-5-2-6-14-34)47-45(48-44)37-16-9-15-36(29-37)38-18-10-20-41-42(38)39-17-7-8-19-40(39)49-41/h1-3,5-11,13-29H,4,12H2. The van der Waals surface area contributed by atoms with E-state index in [2.05, 4.69) is 109 Å². The molecule has 9 rings (SSSR count). The van der Waals surface area contributed by atoms with Crippen LogP contribution in [0.15, 0.2) is 168 Å². The number of nitrogens with zero attached hydrogens (tertiary/aromatic N) is 3. The van der Waals surface area contributed by atoms with Crippen LogP contribution in [0.1, 0.15) is 18.4 Å². The third kappa shape index (κ3) is 5.53. The number of benzene rings is 6. The summed E-state index contributed by atoms with van der Waals surface area (Å²) in [7, 11) is 0. The second-order valence-electron chi connectivity index (χ2n) is 12.3. The maximum absolute atomic E-state index is 6.19. The van der Waals surface area contributed by atoms with E-state index < -0.39 is 0 Å². The minimum Gasteiger partial charge on any atom is -0.456 e. The Bertz CT molecular complexity index is 2530. The van der Waals surface area contributed by atoms with E-state index in [1.54, 1.807) is 0 Å². The van der Waals surface area contributed by atoms with Crippen molar-refractivity contribution in [2.45, 2.75) is 12.8 Å². The lowest BCUT2D eigenvalue weighted by Gasteiger charge is -2.11. The van der Waals surface area contributed by atoms with Crippen LogP contribution in [-0.2, 0) is 0 Å². The lowest BCUT2D eigenvalue weighted by Crippen LogP contribution is -2.00. The first-order valence-electron chi connectivity index (χ1n) is 16.7. The van der Waals surface area contributed by atoms with Gasteiger partial charge in [-0.05, 0) is 64.4 Å². The van der Waals surface area contributed by atoms with Crippen molar-refractivity contribution in [3.63, 3.8) is 0 Å². The first-order valence-corrected chi connectivity index (χ1v) is 16.7. The van der Waals surface area contributed by atoms with Crippen molar-refractivity contribution in [3.05, 3.63) is 169 Å². The highest BCUT2D eigenvalue weighted by Gasteiger charge is 2.16. The molecule has 2 heterocycles. The third-order valence-electron chi connectivity index (χ3n) is 9.25. The summed E-state index contributed by atoms with van der Waals surface area (Å²) >= 11 is 0. The van der Waals surface area contributed by atoms with Crippen molar-refractivity contribution < 1.29 is 4.42 Å². The number of furan rings is 1. The number of allylic oxidation sites excluding steroid dienone is 4. The minimum absolute atomic E-state index is 0.626. The molecule has 1 aliphatic carbocycles. The fourth-order valence-corrected chi connectivity index (χ4v) is 6.72. The Morgan fingerprint density at radius 1 is 0.449 bits per heavy atom.